The van der Waals surface area contributed by atoms with E-state index in [4.69, 9.17) is 0 Å². The first-order valence-corrected chi connectivity index (χ1v) is 8.33. The molecule has 2 heteroatoms. The van der Waals surface area contributed by atoms with Gasteiger partial charge < -0.3 is 0 Å². The van der Waals surface area contributed by atoms with Crippen LogP contribution in [0.25, 0.3) is 0 Å². The molecule has 1 saturated heterocycles. The molecule has 1 nitrogen and oxygen atoms in total. The van der Waals surface area contributed by atoms with E-state index in [1.807, 2.05) is 18.2 Å². The number of hydrogen-bond donors (Lipinski definition) is 0. The van der Waals surface area contributed by atoms with Crippen LogP contribution in [0, 0.1) is 17.6 Å². The summed E-state index contributed by atoms with van der Waals surface area (Å²) in [5, 5.41) is 0. The van der Waals surface area contributed by atoms with Crippen molar-refractivity contribution in [2.24, 2.45) is 5.41 Å². The third kappa shape index (κ3) is 4.54. The van der Waals surface area contributed by atoms with Crippen molar-refractivity contribution in [2.45, 2.75) is 27.2 Å². The van der Waals surface area contributed by atoms with Crippen molar-refractivity contribution in [3.63, 3.8) is 0 Å². The van der Waals surface area contributed by atoms with E-state index in [2.05, 4.69) is 73.9 Å². The Morgan fingerprint density at radius 3 is 2.33 bits per heavy atom. The minimum absolute atomic E-state index is 0. The zero-order valence-electron chi connectivity index (χ0n) is 14.7. The summed E-state index contributed by atoms with van der Waals surface area (Å²) in [6.45, 7) is 9.06. The molecule has 0 bridgehead atoms. The Hall–Kier alpha value is -1.46. The van der Waals surface area contributed by atoms with Crippen LogP contribution in [0.2, 0.25) is 0 Å². The van der Waals surface area contributed by atoms with Gasteiger partial charge in [0.15, 0.2) is 0 Å². The zero-order chi connectivity index (χ0) is 16.3. The number of benzene rings is 1. The molecule has 2 aliphatic rings. The summed E-state index contributed by atoms with van der Waals surface area (Å²) in [7, 11) is 0. The Kier molecular flexibility index (Phi) is 6.35. The van der Waals surface area contributed by atoms with Gasteiger partial charge in [-0.3, -0.25) is 4.58 Å². The van der Waals surface area contributed by atoms with Crippen LogP contribution in [0.4, 0.5) is 0 Å². The molecule has 1 aliphatic heterocycles. The van der Waals surface area contributed by atoms with Crippen molar-refractivity contribution >= 4 is 5.71 Å². The van der Waals surface area contributed by atoms with Crippen LogP contribution < -0.4 is 0 Å². The number of allylic oxidation sites excluding steroid dienone is 7. The average molecular weight is 486 g/mol. The van der Waals surface area contributed by atoms with E-state index in [-0.39, 0.29) is 26.5 Å². The topological polar surface area (TPSA) is 3.01 Å². The van der Waals surface area contributed by atoms with Crippen LogP contribution in [0.15, 0.2) is 65.8 Å². The van der Waals surface area contributed by atoms with Crippen LogP contribution in [-0.2, 0) is 21.1 Å². The fraction of sp³-hybridized carbons (Fsp3) is 0.318. The molecular formula is C22H24NW+. The quantitative estimate of drug-likeness (QED) is 0.428. The number of hydrogen-bond acceptors (Lipinski definition) is 0. The van der Waals surface area contributed by atoms with E-state index in [1.165, 1.54) is 30.8 Å². The Labute approximate surface area is 160 Å². The standard InChI is InChI=1S/C22H24N.W/c1-22(2,3)21(15-10-18-8-5-4-6-9-18)19-11-13-20(14-12-19)23-16-7-17-23;/h4-6,8-9,11,13-15H,7,16-17H2,1-3H3;/q-1;+2/b21-19+;. The van der Waals surface area contributed by atoms with Gasteiger partial charge in [-0.1, -0.05) is 39.0 Å². The molecule has 0 radical (unpaired) electrons. The Balaban J connectivity index is 0.00000208. The van der Waals surface area contributed by atoms with Crippen molar-refractivity contribution in [1.82, 2.24) is 0 Å². The summed E-state index contributed by atoms with van der Waals surface area (Å²) >= 11 is 0. The number of rotatable bonds is 2. The monoisotopic (exact) mass is 486 g/mol. The maximum absolute atomic E-state index is 3.48. The summed E-state index contributed by atoms with van der Waals surface area (Å²) < 4.78 is 2.39. The van der Waals surface area contributed by atoms with Gasteiger partial charge in [0.2, 0.25) is 0 Å². The van der Waals surface area contributed by atoms with Crippen molar-refractivity contribution in [3.8, 4) is 0 Å². The first-order chi connectivity index (χ1) is 11.0. The molecule has 1 aromatic carbocycles. The fourth-order valence-electron chi connectivity index (χ4n) is 2.74. The van der Waals surface area contributed by atoms with Crippen LogP contribution in [0.1, 0.15) is 32.8 Å². The smallest absolute Gasteiger partial charge is 0.269 e. The summed E-state index contributed by atoms with van der Waals surface area (Å²) in [5.41, 5.74) is 4.86. The molecular weight excluding hydrogens is 462 g/mol. The minimum atomic E-state index is 0. The number of nitrogens with zero attached hydrogens (tertiary/aromatic N) is 1. The van der Waals surface area contributed by atoms with Gasteiger partial charge in [-0.15, -0.1) is 65.3 Å². The van der Waals surface area contributed by atoms with Crippen LogP contribution in [-0.4, -0.2) is 23.4 Å². The fourth-order valence-corrected chi connectivity index (χ4v) is 2.74. The maximum Gasteiger partial charge on any atom is 2.00 e. The van der Waals surface area contributed by atoms with E-state index in [1.54, 1.807) is 0 Å². The van der Waals surface area contributed by atoms with E-state index in [0.29, 0.717) is 0 Å². The summed E-state index contributed by atoms with van der Waals surface area (Å²) in [5.74, 6) is 0. The molecule has 1 aliphatic carbocycles. The Morgan fingerprint density at radius 2 is 1.83 bits per heavy atom. The van der Waals surface area contributed by atoms with Crippen LogP contribution in [0.5, 0.6) is 0 Å². The molecule has 0 aromatic heterocycles. The van der Waals surface area contributed by atoms with Crippen molar-refractivity contribution < 1.29 is 25.6 Å². The largest absolute Gasteiger partial charge is 2.00 e. The van der Waals surface area contributed by atoms with E-state index in [0.717, 1.165) is 11.1 Å². The molecule has 0 amide bonds. The minimum Gasteiger partial charge on any atom is -0.269 e. The first kappa shape index (κ1) is 18.9. The molecule has 122 valence electrons. The van der Waals surface area contributed by atoms with Crippen LogP contribution in [0.3, 0.4) is 0 Å². The first-order valence-electron chi connectivity index (χ1n) is 8.33. The Morgan fingerprint density at radius 1 is 1.12 bits per heavy atom. The van der Waals surface area contributed by atoms with E-state index < -0.39 is 0 Å². The molecule has 1 heterocycles. The third-order valence-corrected chi connectivity index (χ3v) is 4.27. The van der Waals surface area contributed by atoms with E-state index >= 15 is 0 Å². The van der Waals surface area contributed by atoms with Crippen molar-refractivity contribution in [3.05, 3.63) is 83.5 Å². The van der Waals surface area contributed by atoms with Gasteiger partial charge in [-0.05, 0) is 5.41 Å². The molecule has 0 unspecified atom stereocenters. The second-order valence-electron chi connectivity index (χ2n) is 7.12. The van der Waals surface area contributed by atoms with Crippen LogP contribution >= 0.6 is 0 Å². The van der Waals surface area contributed by atoms with Crippen molar-refractivity contribution in [1.29, 1.82) is 0 Å². The van der Waals surface area contributed by atoms with Crippen molar-refractivity contribution in [2.75, 3.05) is 13.1 Å². The SMILES string of the molecule is CC(C)(C)/C(C=[C-]c1ccccc1)=C1/[C-]=CC(=[N+]2CCC2)C=C1.[W+2]. The molecule has 0 atom stereocenters. The van der Waals surface area contributed by atoms with Gasteiger partial charge >= 0.3 is 21.1 Å². The summed E-state index contributed by atoms with van der Waals surface area (Å²) in [4.78, 5) is 0. The third-order valence-electron chi connectivity index (χ3n) is 4.27. The second-order valence-corrected chi connectivity index (χ2v) is 7.12. The van der Waals surface area contributed by atoms with Gasteiger partial charge in [0.25, 0.3) is 0 Å². The second kappa shape index (κ2) is 8.08. The van der Waals surface area contributed by atoms with E-state index in [9.17, 15) is 0 Å². The normalized spacial score (nSPS) is 19.3. The predicted octanol–water partition coefficient (Wildman–Crippen LogP) is 4.52. The molecule has 1 fully saturated rings. The maximum atomic E-state index is 3.48. The molecule has 1 aromatic rings. The zero-order valence-corrected chi connectivity index (χ0v) is 17.6. The molecule has 0 spiro atoms. The van der Waals surface area contributed by atoms with Gasteiger partial charge in [0, 0.05) is 0 Å². The van der Waals surface area contributed by atoms with Gasteiger partial charge in [-0.25, -0.2) is 0 Å². The average Bonchev–Trinajstić information content (AvgIpc) is 2.47. The Bertz CT molecular complexity index is 701. The van der Waals surface area contributed by atoms with Gasteiger partial charge in [0.05, 0.1) is 6.42 Å². The molecule has 0 N–H and O–H groups in total. The molecule has 24 heavy (non-hydrogen) atoms. The predicted molar refractivity (Wildman–Crippen MR) is 96.4 cm³/mol. The van der Waals surface area contributed by atoms with Gasteiger partial charge in [0.1, 0.15) is 18.8 Å². The molecule has 3 rings (SSSR count). The molecule has 0 saturated carbocycles. The summed E-state index contributed by atoms with van der Waals surface area (Å²) in [6, 6.07) is 10.3. The summed E-state index contributed by atoms with van der Waals surface area (Å²) in [6.07, 6.45) is 16.8. The van der Waals surface area contributed by atoms with Gasteiger partial charge in [-0.2, -0.15) is 0 Å².